The van der Waals surface area contributed by atoms with E-state index in [4.69, 9.17) is 22.6 Å². The van der Waals surface area contributed by atoms with Crippen molar-refractivity contribution >= 4 is 34.3 Å². The zero-order valence-corrected chi connectivity index (χ0v) is 19.2. The number of carbonyl (C=O) groups is 3. The van der Waals surface area contributed by atoms with Crippen LogP contribution in [-0.2, 0) is 20.8 Å². The van der Waals surface area contributed by atoms with Gasteiger partial charge in [0, 0.05) is 41.2 Å². The molecule has 0 aliphatic carbocycles. The highest BCUT2D eigenvalue weighted by atomic mass is 16.2. The van der Waals surface area contributed by atoms with Crippen LogP contribution < -0.4 is 22.5 Å². The van der Waals surface area contributed by atoms with E-state index in [2.05, 4.69) is 10.3 Å². The fraction of sp³-hybridized carbons (Fsp3) is 0.500. The number of primary amides is 1. The molecular formula is C24H33N7O3. The summed E-state index contributed by atoms with van der Waals surface area (Å²) in [6.07, 6.45) is 5.41. The van der Waals surface area contributed by atoms with Crippen LogP contribution in [-0.4, -0.2) is 64.5 Å². The molecule has 1 aromatic heterocycles. The SMILES string of the molecule is N=C(N)c1ccc2c(CC(C(=O)C3CCCN3C(=O)[C@@H](N)CC(N)=O)C3CCCN3)c[nH]c2c1. The fourth-order valence-corrected chi connectivity index (χ4v) is 5.35. The van der Waals surface area contributed by atoms with E-state index in [1.165, 1.54) is 0 Å². The number of nitrogen functional groups attached to an aromatic ring is 1. The van der Waals surface area contributed by atoms with Crippen molar-refractivity contribution in [3.05, 3.63) is 35.5 Å². The van der Waals surface area contributed by atoms with Gasteiger partial charge in [0.1, 0.15) is 5.84 Å². The van der Waals surface area contributed by atoms with Crippen molar-refractivity contribution in [2.45, 2.75) is 56.7 Å². The van der Waals surface area contributed by atoms with Crippen LogP contribution in [0.3, 0.4) is 0 Å². The number of H-pyrrole nitrogens is 1. The number of nitrogens with zero attached hydrogens (tertiary/aromatic N) is 1. The lowest BCUT2D eigenvalue weighted by Crippen LogP contribution is -2.52. The molecule has 1 aromatic carbocycles. The number of amides is 2. The molecule has 2 amide bonds. The summed E-state index contributed by atoms with van der Waals surface area (Å²) in [4.78, 5) is 42.8. The van der Waals surface area contributed by atoms with Crippen LogP contribution in [0.5, 0.6) is 0 Å². The summed E-state index contributed by atoms with van der Waals surface area (Å²) in [5.74, 6) is -1.30. The predicted octanol–water partition coefficient (Wildman–Crippen LogP) is 0.125. The molecule has 0 radical (unpaired) electrons. The molecule has 2 aliphatic heterocycles. The van der Waals surface area contributed by atoms with Gasteiger partial charge in [-0.15, -0.1) is 0 Å². The van der Waals surface area contributed by atoms with E-state index in [-0.39, 0.29) is 30.0 Å². The third-order valence-corrected chi connectivity index (χ3v) is 7.07. The van der Waals surface area contributed by atoms with Crippen LogP contribution in [0.25, 0.3) is 10.9 Å². The minimum absolute atomic E-state index is 0.00166. The minimum Gasteiger partial charge on any atom is -0.384 e. The van der Waals surface area contributed by atoms with E-state index >= 15 is 0 Å². The number of fused-ring (bicyclic) bond motifs is 1. The van der Waals surface area contributed by atoms with E-state index in [0.717, 1.165) is 42.3 Å². The average molecular weight is 468 g/mol. The standard InChI is InChI=1S/C24H33N7O3/c25-17(11-21(26)32)24(34)31-8-2-4-20(31)22(33)16(18-3-1-7-29-18)9-14-12-30-19-10-13(23(27)28)5-6-15(14)19/h5-6,10,12,16-18,20,29-30H,1-4,7-9,11,25H2,(H2,26,32)(H3,27,28)/t16?,17-,18?,20?/m0/s1. The molecule has 0 saturated carbocycles. The Morgan fingerprint density at radius 3 is 2.65 bits per heavy atom. The normalized spacial score (nSPS) is 22.1. The van der Waals surface area contributed by atoms with Gasteiger partial charge in [-0.3, -0.25) is 19.8 Å². The first-order valence-electron chi connectivity index (χ1n) is 11.8. The monoisotopic (exact) mass is 467 g/mol. The number of rotatable bonds is 9. The van der Waals surface area contributed by atoms with Gasteiger partial charge >= 0.3 is 0 Å². The second-order valence-electron chi connectivity index (χ2n) is 9.37. The minimum atomic E-state index is -1.03. The molecule has 3 unspecified atom stereocenters. The van der Waals surface area contributed by atoms with E-state index in [1.807, 2.05) is 24.4 Å². The number of Topliss-reactive ketones (excluding diaryl/α,β-unsaturated/α-hetero) is 1. The van der Waals surface area contributed by atoms with Crippen molar-refractivity contribution in [1.82, 2.24) is 15.2 Å². The molecule has 9 N–H and O–H groups in total. The molecule has 2 fully saturated rings. The lowest BCUT2D eigenvalue weighted by molar-refractivity contribution is -0.141. The molecule has 10 nitrogen and oxygen atoms in total. The predicted molar refractivity (Wildman–Crippen MR) is 129 cm³/mol. The topological polar surface area (TPSA) is 184 Å². The maximum absolute atomic E-state index is 13.9. The Morgan fingerprint density at radius 1 is 1.18 bits per heavy atom. The zero-order valence-electron chi connectivity index (χ0n) is 19.2. The van der Waals surface area contributed by atoms with Gasteiger partial charge < -0.3 is 32.4 Å². The molecule has 0 bridgehead atoms. The molecule has 2 saturated heterocycles. The molecule has 10 heteroatoms. The number of amidine groups is 1. The maximum Gasteiger partial charge on any atom is 0.240 e. The Kier molecular flexibility index (Phi) is 6.99. The molecule has 4 rings (SSSR count). The molecule has 2 aromatic rings. The number of nitrogens with one attached hydrogen (secondary N) is 3. The van der Waals surface area contributed by atoms with E-state index in [9.17, 15) is 14.4 Å². The van der Waals surface area contributed by atoms with Gasteiger partial charge in [0.05, 0.1) is 18.5 Å². The molecule has 182 valence electrons. The number of likely N-dealkylation sites (tertiary alicyclic amines) is 1. The molecule has 0 spiro atoms. The number of nitrogens with two attached hydrogens (primary N) is 3. The smallest absolute Gasteiger partial charge is 0.240 e. The van der Waals surface area contributed by atoms with Crippen molar-refractivity contribution < 1.29 is 14.4 Å². The van der Waals surface area contributed by atoms with Crippen LogP contribution in [0.15, 0.2) is 24.4 Å². The van der Waals surface area contributed by atoms with Gasteiger partial charge in [-0.1, -0.05) is 12.1 Å². The summed E-state index contributed by atoms with van der Waals surface area (Å²) in [5, 5.41) is 12.1. The molecule has 3 heterocycles. The van der Waals surface area contributed by atoms with Crippen molar-refractivity contribution in [2.75, 3.05) is 13.1 Å². The fourth-order valence-electron chi connectivity index (χ4n) is 5.35. The second kappa shape index (κ2) is 9.94. The lowest BCUT2D eigenvalue weighted by atomic mass is 9.84. The third-order valence-electron chi connectivity index (χ3n) is 7.07. The molecule has 4 atom stereocenters. The lowest BCUT2D eigenvalue weighted by Gasteiger charge is -2.31. The number of ketones is 1. The summed E-state index contributed by atoms with van der Waals surface area (Å²) in [5.41, 5.74) is 19.3. The van der Waals surface area contributed by atoms with Gasteiger partial charge in [0.2, 0.25) is 11.8 Å². The summed E-state index contributed by atoms with van der Waals surface area (Å²) in [7, 11) is 0. The number of aromatic nitrogens is 1. The Hall–Kier alpha value is -3.24. The summed E-state index contributed by atoms with van der Waals surface area (Å²) in [6, 6.07) is 4.03. The Bertz CT molecular complexity index is 1110. The van der Waals surface area contributed by atoms with Gasteiger partial charge in [0.25, 0.3) is 0 Å². The van der Waals surface area contributed by atoms with Gasteiger partial charge in [0.15, 0.2) is 5.78 Å². The summed E-state index contributed by atoms with van der Waals surface area (Å²) in [6.45, 7) is 1.31. The van der Waals surface area contributed by atoms with Gasteiger partial charge in [-0.05, 0) is 50.3 Å². The quantitative estimate of drug-likeness (QED) is 0.225. The second-order valence-corrected chi connectivity index (χ2v) is 9.37. The number of hydrogen-bond donors (Lipinski definition) is 6. The van der Waals surface area contributed by atoms with Gasteiger partial charge in [-0.25, -0.2) is 0 Å². The van der Waals surface area contributed by atoms with Crippen LogP contribution in [0.2, 0.25) is 0 Å². The molecular weight excluding hydrogens is 434 g/mol. The molecule has 2 aliphatic rings. The Labute approximate surface area is 198 Å². The largest absolute Gasteiger partial charge is 0.384 e. The van der Waals surface area contributed by atoms with E-state index in [0.29, 0.717) is 24.9 Å². The highest BCUT2D eigenvalue weighted by molar-refractivity contribution is 5.99. The highest BCUT2D eigenvalue weighted by Gasteiger charge is 2.42. The summed E-state index contributed by atoms with van der Waals surface area (Å²) < 4.78 is 0. The third kappa shape index (κ3) is 4.83. The number of hydrogen-bond acceptors (Lipinski definition) is 6. The van der Waals surface area contributed by atoms with Crippen LogP contribution in [0.4, 0.5) is 0 Å². The van der Waals surface area contributed by atoms with Crippen LogP contribution in [0.1, 0.15) is 43.2 Å². The van der Waals surface area contributed by atoms with E-state index in [1.54, 1.807) is 4.90 Å². The average Bonchev–Trinajstić information content (AvgIpc) is 3.56. The Morgan fingerprint density at radius 2 is 1.97 bits per heavy atom. The van der Waals surface area contributed by atoms with Crippen LogP contribution in [0, 0.1) is 11.3 Å². The first kappa shape index (κ1) is 23.9. The van der Waals surface area contributed by atoms with Crippen molar-refractivity contribution in [3.8, 4) is 0 Å². The number of benzene rings is 1. The van der Waals surface area contributed by atoms with Crippen molar-refractivity contribution in [2.24, 2.45) is 23.1 Å². The first-order chi connectivity index (χ1) is 16.3. The first-order valence-corrected chi connectivity index (χ1v) is 11.8. The van der Waals surface area contributed by atoms with Crippen molar-refractivity contribution in [1.29, 1.82) is 5.41 Å². The Balaban J connectivity index is 1.58. The maximum atomic E-state index is 13.9. The number of aromatic amines is 1. The molecule has 34 heavy (non-hydrogen) atoms. The summed E-state index contributed by atoms with van der Waals surface area (Å²) >= 11 is 0. The van der Waals surface area contributed by atoms with Crippen LogP contribution >= 0.6 is 0 Å². The zero-order chi connectivity index (χ0) is 24.4. The number of carbonyl (C=O) groups excluding carboxylic acids is 3. The van der Waals surface area contributed by atoms with E-state index < -0.39 is 23.9 Å². The van der Waals surface area contributed by atoms with Gasteiger partial charge in [-0.2, -0.15) is 0 Å². The van der Waals surface area contributed by atoms with Crippen molar-refractivity contribution in [3.63, 3.8) is 0 Å². The highest BCUT2D eigenvalue weighted by Crippen LogP contribution is 2.30.